The number of hydrogen-bond acceptors (Lipinski definition) is 4. The lowest BCUT2D eigenvalue weighted by molar-refractivity contribution is -0.143. The van der Waals surface area contributed by atoms with Crippen molar-refractivity contribution in [3.8, 4) is 0 Å². The van der Waals surface area contributed by atoms with Crippen LogP contribution in [0.5, 0.6) is 0 Å². The smallest absolute Gasteiger partial charge is 0.323 e. The SMILES string of the molecule is CCC(N)(CCCSCC(C)CO)C(=O)O. The van der Waals surface area contributed by atoms with E-state index in [9.17, 15) is 4.79 Å². The fraction of sp³-hybridized carbons (Fsp3) is 0.909. The van der Waals surface area contributed by atoms with Crippen molar-refractivity contribution in [2.75, 3.05) is 18.1 Å². The molecule has 0 aromatic carbocycles. The van der Waals surface area contributed by atoms with Crippen molar-refractivity contribution >= 4 is 17.7 Å². The van der Waals surface area contributed by atoms with E-state index in [1.54, 1.807) is 18.7 Å². The Balaban J connectivity index is 3.68. The molecule has 0 saturated heterocycles. The minimum atomic E-state index is -1.07. The first-order chi connectivity index (χ1) is 7.46. The van der Waals surface area contributed by atoms with Crippen molar-refractivity contribution < 1.29 is 15.0 Å². The van der Waals surface area contributed by atoms with Gasteiger partial charge in [0.05, 0.1) is 0 Å². The van der Waals surface area contributed by atoms with Crippen LogP contribution >= 0.6 is 11.8 Å². The molecule has 2 unspecified atom stereocenters. The number of aliphatic hydroxyl groups is 1. The van der Waals surface area contributed by atoms with Crippen LogP contribution in [0, 0.1) is 5.92 Å². The van der Waals surface area contributed by atoms with Gasteiger partial charge in [-0.3, -0.25) is 4.79 Å². The Kier molecular flexibility index (Phi) is 7.80. The molecule has 0 aromatic rings. The molecule has 0 fully saturated rings. The van der Waals surface area contributed by atoms with E-state index in [1.807, 2.05) is 6.92 Å². The zero-order chi connectivity index (χ0) is 12.6. The number of carbonyl (C=O) groups is 1. The van der Waals surface area contributed by atoms with Crippen LogP contribution in [0.25, 0.3) is 0 Å². The maximum Gasteiger partial charge on any atom is 0.323 e. The van der Waals surface area contributed by atoms with E-state index in [-0.39, 0.29) is 6.61 Å². The Bertz CT molecular complexity index is 213. The highest BCUT2D eigenvalue weighted by atomic mass is 32.2. The second kappa shape index (κ2) is 7.92. The van der Waals surface area contributed by atoms with Crippen molar-refractivity contribution in [1.29, 1.82) is 0 Å². The van der Waals surface area contributed by atoms with E-state index in [4.69, 9.17) is 15.9 Å². The van der Waals surface area contributed by atoms with Gasteiger partial charge in [0.2, 0.25) is 0 Å². The van der Waals surface area contributed by atoms with Gasteiger partial charge in [0.25, 0.3) is 0 Å². The van der Waals surface area contributed by atoms with Gasteiger partial charge in [-0.25, -0.2) is 0 Å². The molecule has 96 valence electrons. The van der Waals surface area contributed by atoms with Crippen LogP contribution in [0.1, 0.15) is 33.1 Å². The molecular weight excluding hydrogens is 226 g/mol. The lowest BCUT2D eigenvalue weighted by atomic mass is 9.92. The first-order valence-corrected chi connectivity index (χ1v) is 6.82. The number of hydrogen-bond donors (Lipinski definition) is 3. The van der Waals surface area contributed by atoms with Gasteiger partial charge in [0.1, 0.15) is 5.54 Å². The summed E-state index contributed by atoms with van der Waals surface area (Å²) in [4.78, 5) is 10.9. The van der Waals surface area contributed by atoms with Gasteiger partial charge in [-0.2, -0.15) is 11.8 Å². The van der Waals surface area contributed by atoms with Gasteiger partial charge in [-0.1, -0.05) is 13.8 Å². The van der Waals surface area contributed by atoms with Crippen LogP contribution in [0.2, 0.25) is 0 Å². The summed E-state index contributed by atoms with van der Waals surface area (Å²) in [6.45, 7) is 4.00. The topological polar surface area (TPSA) is 83.5 Å². The molecule has 0 aliphatic heterocycles. The summed E-state index contributed by atoms with van der Waals surface area (Å²) in [6.07, 6.45) is 1.78. The molecule has 0 heterocycles. The van der Waals surface area contributed by atoms with E-state index in [1.165, 1.54) is 0 Å². The van der Waals surface area contributed by atoms with Gasteiger partial charge in [-0.05, 0) is 36.7 Å². The molecule has 0 saturated carbocycles. The summed E-state index contributed by atoms with van der Waals surface area (Å²) in [6, 6.07) is 0. The number of thioether (sulfide) groups is 1. The number of rotatable bonds is 9. The fourth-order valence-corrected chi connectivity index (χ4v) is 2.28. The number of nitrogens with two attached hydrogens (primary N) is 1. The third-order valence-electron chi connectivity index (χ3n) is 2.68. The van der Waals surface area contributed by atoms with Gasteiger partial charge in [0, 0.05) is 6.61 Å². The molecule has 4 N–H and O–H groups in total. The van der Waals surface area contributed by atoms with Crippen molar-refractivity contribution in [2.45, 2.75) is 38.6 Å². The summed E-state index contributed by atoms with van der Waals surface area (Å²) in [7, 11) is 0. The highest BCUT2D eigenvalue weighted by Crippen LogP contribution is 2.17. The predicted octanol–water partition coefficient (Wildman–Crippen LogP) is 1.32. The second-order valence-electron chi connectivity index (χ2n) is 4.28. The van der Waals surface area contributed by atoms with E-state index in [2.05, 4.69) is 0 Å². The summed E-state index contributed by atoms with van der Waals surface area (Å²) < 4.78 is 0. The molecule has 4 nitrogen and oxygen atoms in total. The number of carboxylic acid groups (broad SMARTS) is 1. The number of carboxylic acids is 1. The van der Waals surface area contributed by atoms with E-state index in [0.717, 1.165) is 17.9 Å². The molecule has 0 radical (unpaired) electrons. The fourth-order valence-electron chi connectivity index (χ4n) is 1.26. The molecular formula is C11H23NO3S. The molecule has 0 rings (SSSR count). The third kappa shape index (κ3) is 5.72. The van der Waals surface area contributed by atoms with Gasteiger partial charge in [0.15, 0.2) is 0 Å². The minimum absolute atomic E-state index is 0.206. The summed E-state index contributed by atoms with van der Waals surface area (Å²) >= 11 is 1.74. The van der Waals surface area contributed by atoms with E-state index < -0.39 is 11.5 Å². The highest BCUT2D eigenvalue weighted by Gasteiger charge is 2.30. The molecule has 16 heavy (non-hydrogen) atoms. The van der Waals surface area contributed by atoms with Crippen LogP contribution in [0.4, 0.5) is 0 Å². The highest BCUT2D eigenvalue weighted by molar-refractivity contribution is 7.99. The normalized spacial score (nSPS) is 16.8. The van der Waals surface area contributed by atoms with E-state index >= 15 is 0 Å². The standard InChI is InChI=1S/C11H23NO3S/c1-3-11(12,10(14)15)5-4-6-16-8-9(2)7-13/h9,13H,3-8,12H2,1-2H3,(H,14,15). The summed E-state index contributed by atoms with van der Waals surface area (Å²) in [5, 5.41) is 17.8. The van der Waals surface area contributed by atoms with Crippen LogP contribution < -0.4 is 5.73 Å². The Labute approximate surface area is 102 Å². The Morgan fingerprint density at radius 1 is 1.56 bits per heavy atom. The predicted molar refractivity (Wildman–Crippen MR) is 67.7 cm³/mol. The van der Waals surface area contributed by atoms with Crippen LogP contribution in [0.15, 0.2) is 0 Å². The van der Waals surface area contributed by atoms with Crippen LogP contribution in [-0.4, -0.2) is 39.8 Å². The Morgan fingerprint density at radius 3 is 2.62 bits per heavy atom. The first-order valence-electron chi connectivity index (χ1n) is 5.67. The largest absolute Gasteiger partial charge is 0.480 e. The van der Waals surface area contributed by atoms with Gasteiger partial charge >= 0.3 is 5.97 Å². The monoisotopic (exact) mass is 249 g/mol. The van der Waals surface area contributed by atoms with Crippen LogP contribution in [-0.2, 0) is 4.79 Å². The molecule has 0 aromatic heterocycles. The van der Waals surface area contributed by atoms with Crippen molar-refractivity contribution in [3.05, 3.63) is 0 Å². The Morgan fingerprint density at radius 2 is 2.19 bits per heavy atom. The van der Waals surface area contributed by atoms with Crippen molar-refractivity contribution in [1.82, 2.24) is 0 Å². The molecule has 5 heteroatoms. The molecule has 0 spiro atoms. The molecule has 0 aliphatic carbocycles. The van der Waals surface area contributed by atoms with Crippen molar-refractivity contribution in [3.63, 3.8) is 0 Å². The number of aliphatic hydroxyl groups excluding tert-OH is 1. The number of aliphatic carboxylic acids is 1. The lowest BCUT2D eigenvalue weighted by Crippen LogP contribution is -2.47. The second-order valence-corrected chi connectivity index (χ2v) is 5.43. The molecule has 0 aliphatic rings. The third-order valence-corrected chi connectivity index (χ3v) is 4.06. The maximum atomic E-state index is 10.9. The minimum Gasteiger partial charge on any atom is -0.480 e. The van der Waals surface area contributed by atoms with Gasteiger partial charge < -0.3 is 15.9 Å². The average Bonchev–Trinajstić information content (AvgIpc) is 2.27. The van der Waals surface area contributed by atoms with E-state index in [0.29, 0.717) is 18.8 Å². The van der Waals surface area contributed by atoms with Gasteiger partial charge in [-0.15, -0.1) is 0 Å². The first kappa shape index (κ1) is 15.7. The summed E-state index contributed by atoms with van der Waals surface area (Å²) in [5.74, 6) is 1.20. The molecule has 0 amide bonds. The molecule has 2 atom stereocenters. The van der Waals surface area contributed by atoms with Crippen LogP contribution in [0.3, 0.4) is 0 Å². The summed E-state index contributed by atoms with van der Waals surface area (Å²) in [5.41, 5.74) is 4.69. The van der Waals surface area contributed by atoms with Crippen molar-refractivity contribution in [2.24, 2.45) is 11.7 Å². The maximum absolute atomic E-state index is 10.9. The Hall–Kier alpha value is -0.260. The quantitative estimate of drug-likeness (QED) is 0.537. The average molecular weight is 249 g/mol. The lowest BCUT2D eigenvalue weighted by Gasteiger charge is -2.22. The zero-order valence-corrected chi connectivity index (χ0v) is 10.9. The molecule has 0 bridgehead atoms. The zero-order valence-electron chi connectivity index (χ0n) is 10.1.